The second-order valence-corrected chi connectivity index (χ2v) is 10.7. The molecule has 0 saturated heterocycles. The summed E-state index contributed by atoms with van der Waals surface area (Å²) >= 11 is 4.37. The number of methoxy groups -OCH3 is 1. The zero-order valence-corrected chi connectivity index (χ0v) is 20.6. The molecule has 1 aromatic carbocycles. The summed E-state index contributed by atoms with van der Waals surface area (Å²) in [4.78, 5) is 29.8. The van der Waals surface area contributed by atoms with Gasteiger partial charge in [-0.1, -0.05) is 0 Å². The van der Waals surface area contributed by atoms with E-state index in [0.717, 1.165) is 36.1 Å². The Hall–Kier alpha value is -3.54. The summed E-state index contributed by atoms with van der Waals surface area (Å²) in [6.45, 7) is 0.288. The van der Waals surface area contributed by atoms with Crippen molar-refractivity contribution in [3.05, 3.63) is 71.2 Å². The molecule has 174 valence electrons. The van der Waals surface area contributed by atoms with E-state index in [0.29, 0.717) is 16.5 Å². The van der Waals surface area contributed by atoms with E-state index in [4.69, 9.17) is 4.74 Å². The van der Waals surface area contributed by atoms with Gasteiger partial charge in [0.05, 0.1) is 34.3 Å². The largest absolute Gasteiger partial charge is 0.480 e. The topological polar surface area (TPSA) is 89.0 Å². The zero-order valence-electron chi connectivity index (χ0n) is 18.2. The van der Waals surface area contributed by atoms with Crippen LogP contribution in [0.15, 0.2) is 59.9 Å². The number of pyridine rings is 1. The minimum atomic E-state index is -0.579. The van der Waals surface area contributed by atoms with Crippen LogP contribution in [0.25, 0.3) is 31.2 Å². The fourth-order valence-corrected chi connectivity index (χ4v) is 6.51. The van der Waals surface area contributed by atoms with Crippen LogP contribution in [0, 0.1) is 5.82 Å². The minimum Gasteiger partial charge on any atom is -0.480 e. The molecule has 8 bridgehead atoms. The smallest absolute Gasteiger partial charge is 0.254 e. The van der Waals surface area contributed by atoms with Crippen LogP contribution in [0.5, 0.6) is 5.88 Å². The number of thiophene rings is 2. The summed E-state index contributed by atoms with van der Waals surface area (Å²) in [5, 5.41) is 2.82. The molecule has 0 aliphatic carbocycles. The summed E-state index contributed by atoms with van der Waals surface area (Å²) in [5.74, 6) is -0.636. The normalized spacial score (nSPS) is 13.1. The van der Waals surface area contributed by atoms with Gasteiger partial charge in [0.2, 0.25) is 5.88 Å². The SMILES string of the molecule is COc1ncc2cc1NSc1ccc(F)c(c1)C(=O)NCc1ccc(s1)-c1ncnc3cc-2sc13. The molecule has 35 heavy (non-hydrogen) atoms. The molecule has 5 heterocycles. The van der Waals surface area contributed by atoms with E-state index < -0.39 is 11.7 Å². The van der Waals surface area contributed by atoms with Gasteiger partial charge in [-0.3, -0.25) is 4.79 Å². The number of rotatable bonds is 1. The van der Waals surface area contributed by atoms with Crippen molar-refractivity contribution < 1.29 is 13.9 Å². The second kappa shape index (κ2) is 8.91. The number of nitrogens with one attached hydrogen (secondary N) is 2. The first-order chi connectivity index (χ1) is 17.1. The quantitative estimate of drug-likeness (QED) is 0.262. The molecule has 1 aliphatic heterocycles. The van der Waals surface area contributed by atoms with Crippen molar-refractivity contribution in [1.29, 1.82) is 0 Å². The van der Waals surface area contributed by atoms with Crippen molar-refractivity contribution in [2.45, 2.75) is 11.4 Å². The van der Waals surface area contributed by atoms with Crippen LogP contribution in [-0.2, 0) is 6.54 Å². The highest BCUT2D eigenvalue weighted by Crippen LogP contribution is 2.41. The lowest BCUT2D eigenvalue weighted by Crippen LogP contribution is -2.23. The monoisotopic (exact) mass is 521 g/mol. The summed E-state index contributed by atoms with van der Waals surface area (Å²) in [6, 6.07) is 12.3. The van der Waals surface area contributed by atoms with Crippen LogP contribution in [0.3, 0.4) is 0 Å². The highest BCUT2D eigenvalue weighted by Gasteiger charge is 2.18. The van der Waals surface area contributed by atoms with Crippen LogP contribution >= 0.6 is 34.6 Å². The molecule has 0 saturated carbocycles. The van der Waals surface area contributed by atoms with Crippen molar-refractivity contribution in [3.63, 3.8) is 0 Å². The number of carbonyl (C=O) groups excluding carboxylic acids is 1. The van der Waals surface area contributed by atoms with Crippen molar-refractivity contribution >= 4 is 56.4 Å². The molecule has 1 aliphatic rings. The lowest BCUT2D eigenvalue weighted by Gasteiger charge is -2.12. The molecule has 4 aromatic heterocycles. The maximum atomic E-state index is 14.5. The number of benzene rings is 1. The van der Waals surface area contributed by atoms with E-state index in [-0.39, 0.29) is 12.1 Å². The van der Waals surface area contributed by atoms with Gasteiger partial charge in [-0.25, -0.2) is 19.3 Å². The Labute approximate surface area is 211 Å². The standard InChI is InChI=1S/C24H16FN5O2S3/c1-32-24-18-6-12(9-27-24)20-8-17-22(34-20)21(29-11-28-17)19-5-3-14(33-19)10-26-23(31)15-7-13(35-30-18)2-4-16(15)25/h2-9,11,30H,10H2,1H3,(H,26,31). The third-order valence-corrected chi connectivity index (χ3v) is 8.50. The fraction of sp³-hybridized carbons (Fsp3) is 0.0833. The number of ether oxygens (including phenoxy) is 1. The van der Waals surface area contributed by atoms with Gasteiger partial charge >= 0.3 is 0 Å². The van der Waals surface area contributed by atoms with E-state index in [2.05, 4.69) is 25.0 Å². The lowest BCUT2D eigenvalue weighted by atomic mass is 10.2. The van der Waals surface area contributed by atoms with E-state index in [1.807, 2.05) is 24.3 Å². The molecule has 0 atom stereocenters. The Balaban J connectivity index is 1.51. The molecular weight excluding hydrogens is 505 g/mol. The predicted molar refractivity (Wildman–Crippen MR) is 138 cm³/mol. The van der Waals surface area contributed by atoms with Gasteiger partial charge in [-0.15, -0.1) is 22.7 Å². The van der Waals surface area contributed by atoms with Crippen LogP contribution in [0.2, 0.25) is 0 Å². The molecule has 0 unspecified atom stereocenters. The third-order valence-electron chi connectivity index (χ3n) is 5.42. The highest BCUT2D eigenvalue weighted by atomic mass is 32.2. The number of anilines is 1. The van der Waals surface area contributed by atoms with Gasteiger partial charge in [0, 0.05) is 26.4 Å². The van der Waals surface area contributed by atoms with E-state index >= 15 is 0 Å². The van der Waals surface area contributed by atoms with Crippen LogP contribution < -0.4 is 14.8 Å². The number of amides is 1. The van der Waals surface area contributed by atoms with Gasteiger partial charge in [0.1, 0.15) is 23.5 Å². The summed E-state index contributed by atoms with van der Waals surface area (Å²) < 4.78 is 24.1. The van der Waals surface area contributed by atoms with Gasteiger partial charge in [0.25, 0.3) is 5.91 Å². The number of hydrogen-bond acceptors (Lipinski definition) is 9. The number of carbonyl (C=O) groups is 1. The number of fused-ring (bicyclic) bond motifs is 9. The summed E-state index contributed by atoms with van der Waals surface area (Å²) in [7, 11) is 1.55. The molecule has 5 aromatic rings. The van der Waals surface area contributed by atoms with E-state index in [1.54, 1.807) is 37.0 Å². The molecule has 6 rings (SSSR count). The third kappa shape index (κ3) is 4.11. The van der Waals surface area contributed by atoms with Crippen molar-refractivity contribution in [2.75, 3.05) is 11.8 Å². The summed E-state index contributed by atoms with van der Waals surface area (Å²) in [6.07, 6.45) is 3.32. The molecule has 11 heteroatoms. The Morgan fingerprint density at radius 2 is 1.94 bits per heavy atom. The average Bonchev–Trinajstić information content (AvgIpc) is 3.53. The fourth-order valence-electron chi connectivity index (χ4n) is 3.71. The van der Waals surface area contributed by atoms with Crippen LogP contribution in [0.1, 0.15) is 15.2 Å². The maximum Gasteiger partial charge on any atom is 0.254 e. The Bertz CT molecular complexity index is 1600. The Morgan fingerprint density at radius 1 is 1.03 bits per heavy atom. The predicted octanol–water partition coefficient (Wildman–Crippen LogP) is 5.99. The Morgan fingerprint density at radius 3 is 2.83 bits per heavy atom. The van der Waals surface area contributed by atoms with Crippen molar-refractivity contribution in [1.82, 2.24) is 20.3 Å². The van der Waals surface area contributed by atoms with Crippen molar-refractivity contribution in [3.8, 4) is 26.9 Å². The molecule has 0 spiro atoms. The number of halogens is 1. The van der Waals surface area contributed by atoms with Crippen LogP contribution in [-0.4, -0.2) is 28.0 Å². The minimum absolute atomic E-state index is 0.0178. The van der Waals surface area contributed by atoms with Crippen molar-refractivity contribution in [2.24, 2.45) is 0 Å². The first-order valence-electron chi connectivity index (χ1n) is 10.5. The molecule has 2 N–H and O–H groups in total. The molecule has 7 nitrogen and oxygen atoms in total. The van der Waals surface area contributed by atoms with Gasteiger partial charge in [-0.2, -0.15) is 0 Å². The summed E-state index contributed by atoms with van der Waals surface area (Å²) in [5.41, 5.74) is 3.22. The second-order valence-electron chi connectivity index (χ2n) is 7.62. The van der Waals surface area contributed by atoms with Gasteiger partial charge < -0.3 is 14.8 Å². The van der Waals surface area contributed by atoms with Gasteiger partial charge in [0.15, 0.2) is 0 Å². The first-order valence-corrected chi connectivity index (χ1v) is 12.9. The average molecular weight is 522 g/mol. The lowest BCUT2D eigenvalue weighted by molar-refractivity contribution is 0.0947. The van der Waals surface area contributed by atoms with E-state index in [1.165, 1.54) is 35.4 Å². The molecule has 0 fully saturated rings. The Kier molecular flexibility index (Phi) is 5.59. The highest BCUT2D eigenvalue weighted by molar-refractivity contribution is 8.00. The molecular formula is C24H16FN5O2S3. The molecule has 0 radical (unpaired) electrons. The first kappa shape index (κ1) is 22.0. The maximum absolute atomic E-state index is 14.5. The van der Waals surface area contributed by atoms with E-state index in [9.17, 15) is 9.18 Å². The number of aromatic nitrogens is 3. The number of hydrogen-bond donors (Lipinski definition) is 2. The zero-order chi connectivity index (χ0) is 23.9. The van der Waals surface area contributed by atoms with Crippen LogP contribution in [0.4, 0.5) is 10.1 Å². The molecule has 1 amide bonds. The number of nitrogens with zero attached hydrogens (tertiary/aromatic N) is 3. The van der Waals surface area contributed by atoms with Gasteiger partial charge in [-0.05, 0) is 54.4 Å².